The number of fused-ring (bicyclic) bond motifs is 1. The fraction of sp³-hybridized carbons (Fsp3) is 0.542. The van der Waals surface area contributed by atoms with Gasteiger partial charge in [0, 0.05) is 25.6 Å². The van der Waals surface area contributed by atoms with Crippen molar-refractivity contribution in [1.29, 1.82) is 0 Å². The van der Waals surface area contributed by atoms with E-state index in [4.69, 9.17) is 9.47 Å². The van der Waals surface area contributed by atoms with E-state index in [1.54, 1.807) is 13.4 Å². The standard InChI is InChI=1S/C24H32N4O4/c1-3-4-11-25-23(29)18-9-12-27(13-10-18)24(30)22-20-15-32-21(14-28(20)16-26-22)17-5-7-19(31-2)8-6-17/h5-8,16,18,21H,3-4,9-15H2,1-2H3,(H,25,29)/t21-/m1/s1. The summed E-state index contributed by atoms with van der Waals surface area (Å²) >= 11 is 0. The molecule has 2 aromatic rings. The van der Waals surface area contributed by atoms with E-state index in [2.05, 4.69) is 17.2 Å². The van der Waals surface area contributed by atoms with E-state index in [1.165, 1.54) is 0 Å². The van der Waals surface area contributed by atoms with Crippen molar-refractivity contribution in [3.05, 3.63) is 47.5 Å². The lowest BCUT2D eigenvalue weighted by Gasteiger charge is -2.31. The van der Waals surface area contributed by atoms with Crippen LogP contribution >= 0.6 is 0 Å². The molecule has 0 unspecified atom stereocenters. The van der Waals surface area contributed by atoms with Gasteiger partial charge in [-0.15, -0.1) is 0 Å². The van der Waals surface area contributed by atoms with Gasteiger partial charge in [0.1, 0.15) is 11.9 Å². The number of carbonyl (C=O) groups is 2. The highest BCUT2D eigenvalue weighted by Crippen LogP contribution is 2.29. The van der Waals surface area contributed by atoms with Crippen molar-refractivity contribution in [3.63, 3.8) is 0 Å². The molecular formula is C24H32N4O4. The maximum atomic E-state index is 13.1. The predicted molar refractivity (Wildman–Crippen MR) is 119 cm³/mol. The number of likely N-dealkylation sites (tertiary alicyclic amines) is 1. The van der Waals surface area contributed by atoms with Crippen LogP contribution in [0.4, 0.5) is 0 Å². The minimum Gasteiger partial charge on any atom is -0.497 e. The summed E-state index contributed by atoms with van der Waals surface area (Å²) < 4.78 is 13.3. The van der Waals surface area contributed by atoms with Crippen LogP contribution in [0.1, 0.15) is 60.5 Å². The first-order valence-electron chi connectivity index (χ1n) is 11.5. The van der Waals surface area contributed by atoms with Gasteiger partial charge >= 0.3 is 0 Å². The summed E-state index contributed by atoms with van der Waals surface area (Å²) in [6.07, 6.45) is 5.08. The summed E-state index contributed by atoms with van der Waals surface area (Å²) in [5.41, 5.74) is 2.35. The number of amides is 2. The Balaban J connectivity index is 1.34. The van der Waals surface area contributed by atoms with Crippen LogP contribution in [0, 0.1) is 5.92 Å². The number of hydrogen-bond acceptors (Lipinski definition) is 5. The van der Waals surface area contributed by atoms with Gasteiger partial charge in [0.2, 0.25) is 5.91 Å². The van der Waals surface area contributed by atoms with Crippen molar-refractivity contribution in [2.24, 2.45) is 5.92 Å². The number of piperidine rings is 1. The second-order valence-corrected chi connectivity index (χ2v) is 8.48. The number of aromatic nitrogens is 2. The first-order valence-corrected chi connectivity index (χ1v) is 11.5. The number of rotatable bonds is 7. The molecule has 1 saturated heterocycles. The summed E-state index contributed by atoms with van der Waals surface area (Å²) in [7, 11) is 1.65. The third kappa shape index (κ3) is 4.80. The first-order chi connectivity index (χ1) is 15.6. The lowest BCUT2D eigenvalue weighted by Crippen LogP contribution is -2.43. The summed E-state index contributed by atoms with van der Waals surface area (Å²) in [5.74, 6) is 0.835. The molecule has 0 saturated carbocycles. The SMILES string of the molecule is CCCCNC(=O)C1CCN(C(=O)c2ncn3c2CO[C@@H](c2ccc(OC)cc2)C3)CC1. The minimum absolute atomic E-state index is 0.0135. The topological polar surface area (TPSA) is 85.7 Å². The van der Waals surface area contributed by atoms with Crippen LogP contribution in [0.15, 0.2) is 30.6 Å². The highest BCUT2D eigenvalue weighted by Gasteiger charge is 2.32. The highest BCUT2D eigenvalue weighted by molar-refractivity contribution is 5.93. The molecule has 0 spiro atoms. The zero-order chi connectivity index (χ0) is 22.5. The number of carbonyl (C=O) groups excluding carboxylic acids is 2. The van der Waals surface area contributed by atoms with Gasteiger partial charge in [-0.2, -0.15) is 0 Å². The Labute approximate surface area is 188 Å². The van der Waals surface area contributed by atoms with Gasteiger partial charge in [-0.3, -0.25) is 9.59 Å². The Bertz CT molecular complexity index is 932. The first kappa shape index (κ1) is 22.3. The normalized spacial score (nSPS) is 18.8. The summed E-state index contributed by atoms with van der Waals surface area (Å²) in [4.78, 5) is 31.7. The number of nitrogens with zero attached hydrogens (tertiary/aromatic N) is 3. The van der Waals surface area contributed by atoms with Crippen molar-refractivity contribution in [3.8, 4) is 5.75 Å². The van der Waals surface area contributed by atoms with Gasteiger partial charge < -0.3 is 24.3 Å². The van der Waals surface area contributed by atoms with Crippen LogP contribution < -0.4 is 10.1 Å². The Morgan fingerprint density at radius 3 is 2.66 bits per heavy atom. The molecule has 1 N–H and O–H groups in total. The summed E-state index contributed by atoms with van der Waals surface area (Å²) in [5, 5.41) is 3.01. The molecule has 0 bridgehead atoms. The number of methoxy groups -OCH3 is 1. The van der Waals surface area contributed by atoms with Crippen LogP contribution in [-0.2, 0) is 22.7 Å². The summed E-state index contributed by atoms with van der Waals surface area (Å²) in [6.45, 7) is 4.94. The number of imidazole rings is 1. The van der Waals surface area contributed by atoms with Gasteiger partial charge in [-0.25, -0.2) is 4.98 Å². The fourth-order valence-corrected chi connectivity index (χ4v) is 4.35. The van der Waals surface area contributed by atoms with Crippen LogP contribution in [0.2, 0.25) is 0 Å². The maximum Gasteiger partial charge on any atom is 0.274 e. The zero-order valence-corrected chi connectivity index (χ0v) is 18.9. The van der Waals surface area contributed by atoms with E-state index < -0.39 is 0 Å². The molecule has 2 aliphatic rings. The molecule has 8 heteroatoms. The predicted octanol–water partition coefficient (Wildman–Crippen LogP) is 2.93. The smallest absolute Gasteiger partial charge is 0.274 e. The molecule has 0 radical (unpaired) electrons. The number of unbranched alkanes of at least 4 members (excludes halogenated alkanes) is 1. The highest BCUT2D eigenvalue weighted by atomic mass is 16.5. The number of ether oxygens (including phenoxy) is 2. The second kappa shape index (κ2) is 10.2. The molecule has 1 fully saturated rings. The lowest BCUT2D eigenvalue weighted by atomic mass is 9.95. The Morgan fingerprint density at radius 1 is 1.22 bits per heavy atom. The number of hydrogen-bond donors (Lipinski definition) is 1. The minimum atomic E-state index is -0.0903. The van der Waals surface area contributed by atoms with Crippen LogP contribution in [-0.4, -0.2) is 53.0 Å². The fourth-order valence-electron chi connectivity index (χ4n) is 4.35. The van der Waals surface area contributed by atoms with Gasteiger partial charge in [0.25, 0.3) is 5.91 Å². The van der Waals surface area contributed by atoms with Crippen molar-refractivity contribution in [2.45, 2.75) is 51.9 Å². The lowest BCUT2D eigenvalue weighted by molar-refractivity contribution is -0.126. The molecule has 2 amide bonds. The van der Waals surface area contributed by atoms with E-state index in [0.29, 0.717) is 44.8 Å². The third-order valence-electron chi connectivity index (χ3n) is 6.40. The molecule has 2 aliphatic heterocycles. The van der Waals surface area contributed by atoms with Crippen molar-refractivity contribution >= 4 is 11.8 Å². The molecule has 32 heavy (non-hydrogen) atoms. The molecule has 172 valence electrons. The molecule has 1 aromatic carbocycles. The molecule has 8 nitrogen and oxygen atoms in total. The van der Waals surface area contributed by atoms with Crippen LogP contribution in [0.25, 0.3) is 0 Å². The Hall–Kier alpha value is -2.87. The quantitative estimate of drug-likeness (QED) is 0.669. The summed E-state index contributed by atoms with van der Waals surface area (Å²) in [6, 6.07) is 7.84. The molecule has 1 aromatic heterocycles. The monoisotopic (exact) mass is 440 g/mol. The van der Waals surface area contributed by atoms with E-state index in [9.17, 15) is 9.59 Å². The number of benzene rings is 1. The van der Waals surface area contributed by atoms with Gasteiger partial charge in [0.05, 0.1) is 32.3 Å². The van der Waals surface area contributed by atoms with E-state index in [1.807, 2.05) is 33.7 Å². The van der Waals surface area contributed by atoms with Crippen molar-refractivity contribution in [2.75, 3.05) is 26.7 Å². The largest absolute Gasteiger partial charge is 0.497 e. The van der Waals surface area contributed by atoms with Gasteiger partial charge in [0.15, 0.2) is 5.69 Å². The molecule has 0 aliphatic carbocycles. The van der Waals surface area contributed by atoms with E-state index in [0.717, 1.165) is 36.4 Å². The molecule has 4 rings (SSSR count). The number of nitrogens with one attached hydrogen (secondary N) is 1. The molecular weight excluding hydrogens is 408 g/mol. The van der Waals surface area contributed by atoms with E-state index in [-0.39, 0.29) is 23.8 Å². The van der Waals surface area contributed by atoms with Crippen molar-refractivity contribution in [1.82, 2.24) is 19.8 Å². The van der Waals surface area contributed by atoms with Crippen LogP contribution in [0.3, 0.4) is 0 Å². The molecule has 1 atom stereocenters. The van der Waals surface area contributed by atoms with Gasteiger partial charge in [-0.05, 0) is 37.0 Å². The third-order valence-corrected chi connectivity index (χ3v) is 6.40. The van der Waals surface area contributed by atoms with Crippen LogP contribution in [0.5, 0.6) is 5.75 Å². The zero-order valence-electron chi connectivity index (χ0n) is 18.9. The maximum absolute atomic E-state index is 13.1. The van der Waals surface area contributed by atoms with E-state index >= 15 is 0 Å². The Kier molecular flexibility index (Phi) is 7.09. The average Bonchev–Trinajstić information content (AvgIpc) is 3.27. The Morgan fingerprint density at radius 2 is 1.97 bits per heavy atom. The van der Waals surface area contributed by atoms with Crippen molar-refractivity contribution < 1.29 is 19.1 Å². The van der Waals surface area contributed by atoms with Gasteiger partial charge in [-0.1, -0.05) is 25.5 Å². The molecule has 3 heterocycles. The average molecular weight is 441 g/mol. The second-order valence-electron chi connectivity index (χ2n) is 8.48.